The molecular weight excluding hydrogens is 278 g/mol. The molecule has 1 aromatic heterocycles. The molecule has 0 fully saturated rings. The lowest BCUT2D eigenvalue weighted by atomic mass is 10.0. The highest BCUT2D eigenvalue weighted by atomic mass is 32.1. The lowest BCUT2D eigenvalue weighted by Crippen LogP contribution is -2.17. The first-order valence-electron chi connectivity index (χ1n) is 7.08. The molecule has 1 heterocycles. The van der Waals surface area contributed by atoms with Crippen molar-refractivity contribution in [3.8, 4) is 5.75 Å². The molecule has 0 saturated carbocycles. The van der Waals surface area contributed by atoms with Crippen molar-refractivity contribution in [3.63, 3.8) is 0 Å². The van der Waals surface area contributed by atoms with Crippen LogP contribution in [0.3, 0.4) is 0 Å². The summed E-state index contributed by atoms with van der Waals surface area (Å²) in [6, 6.07) is 15.3. The van der Waals surface area contributed by atoms with Crippen LogP contribution in [0.1, 0.15) is 24.1 Å². The molecule has 0 saturated heterocycles. The highest BCUT2D eigenvalue weighted by molar-refractivity contribution is 7.07. The monoisotopic (exact) mass is 297 g/mol. The summed E-state index contributed by atoms with van der Waals surface area (Å²) >= 11 is 1.74. The second-order valence-corrected chi connectivity index (χ2v) is 5.99. The summed E-state index contributed by atoms with van der Waals surface area (Å²) in [5, 5.41) is 10.3. The van der Waals surface area contributed by atoms with Crippen LogP contribution in [0.4, 0.5) is 0 Å². The Balaban J connectivity index is 1.76. The van der Waals surface area contributed by atoms with Crippen molar-refractivity contribution >= 4 is 22.1 Å². The normalized spacial score (nSPS) is 12.5. The highest BCUT2D eigenvalue weighted by Gasteiger charge is 2.06. The Bertz CT molecular complexity index is 721. The van der Waals surface area contributed by atoms with Gasteiger partial charge in [-0.3, -0.25) is 0 Å². The molecule has 1 atom stereocenters. The van der Waals surface area contributed by atoms with Gasteiger partial charge < -0.3 is 10.1 Å². The molecule has 2 aromatic carbocycles. The van der Waals surface area contributed by atoms with E-state index in [2.05, 4.69) is 59.4 Å². The van der Waals surface area contributed by atoms with Crippen LogP contribution in [0.5, 0.6) is 5.75 Å². The first-order valence-corrected chi connectivity index (χ1v) is 8.03. The molecule has 2 nitrogen and oxygen atoms in total. The number of hydrogen-bond acceptors (Lipinski definition) is 3. The van der Waals surface area contributed by atoms with E-state index in [4.69, 9.17) is 4.74 Å². The van der Waals surface area contributed by atoms with Crippen LogP contribution in [0, 0.1) is 0 Å². The number of nitrogens with one attached hydrogen (secondary N) is 1. The molecule has 0 bridgehead atoms. The molecule has 1 N–H and O–H groups in total. The molecular formula is C18H19NOS. The standard InChI is InChI=1S/C18H19NOS/c1-13(19-11-14-7-8-21-12-14)15-3-4-17-10-18(20-2)6-5-16(17)9-15/h3-10,12-13,19H,11H2,1-2H3. The molecule has 21 heavy (non-hydrogen) atoms. The Hall–Kier alpha value is -1.84. The van der Waals surface area contributed by atoms with Gasteiger partial charge in [0, 0.05) is 12.6 Å². The smallest absolute Gasteiger partial charge is 0.119 e. The van der Waals surface area contributed by atoms with Crippen molar-refractivity contribution in [2.75, 3.05) is 7.11 Å². The molecule has 0 aliphatic heterocycles. The molecule has 3 aromatic rings. The van der Waals surface area contributed by atoms with E-state index >= 15 is 0 Å². The van der Waals surface area contributed by atoms with Crippen molar-refractivity contribution in [1.29, 1.82) is 0 Å². The van der Waals surface area contributed by atoms with Gasteiger partial charge in [0.1, 0.15) is 5.75 Å². The largest absolute Gasteiger partial charge is 0.497 e. The van der Waals surface area contributed by atoms with Crippen LogP contribution in [-0.4, -0.2) is 7.11 Å². The zero-order valence-electron chi connectivity index (χ0n) is 12.3. The SMILES string of the molecule is COc1ccc2cc(C(C)NCc3ccsc3)ccc2c1. The van der Waals surface area contributed by atoms with Crippen LogP contribution in [0.15, 0.2) is 53.2 Å². The zero-order valence-corrected chi connectivity index (χ0v) is 13.1. The predicted octanol–water partition coefficient (Wildman–Crippen LogP) is 4.76. The number of fused-ring (bicyclic) bond motifs is 1. The van der Waals surface area contributed by atoms with Crippen LogP contribution in [-0.2, 0) is 6.54 Å². The lowest BCUT2D eigenvalue weighted by Gasteiger charge is -2.15. The third-order valence-electron chi connectivity index (χ3n) is 3.76. The molecule has 3 rings (SSSR count). The van der Waals surface area contributed by atoms with Crippen molar-refractivity contribution in [3.05, 3.63) is 64.4 Å². The summed E-state index contributed by atoms with van der Waals surface area (Å²) in [7, 11) is 1.70. The Morgan fingerprint density at radius 1 is 1.10 bits per heavy atom. The number of ether oxygens (including phenoxy) is 1. The number of thiophene rings is 1. The van der Waals surface area contributed by atoms with Gasteiger partial charge in [0.25, 0.3) is 0 Å². The number of hydrogen-bond donors (Lipinski definition) is 1. The molecule has 1 unspecified atom stereocenters. The molecule has 3 heteroatoms. The molecule has 0 amide bonds. The van der Waals surface area contributed by atoms with Gasteiger partial charge in [-0.2, -0.15) is 11.3 Å². The van der Waals surface area contributed by atoms with E-state index in [9.17, 15) is 0 Å². The van der Waals surface area contributed by atoms with Gasteiger partial charge in [-0.25, -0.2) is 0 Å². The fraction of sp³-hybridized carbons (Fsp3) is 0.222. The molecule has 0 aliphatic carbocycles. The maximum absolute atomic E-state index is 5.27. The third kappa shape index (κ3) is 3.26. The van der Waals surface area contributed by atoms with Gasteiger partial charge in [-0.15, -0.1) is 0 Å². The topological polar surface area (TPSA) is 21.3 Å². The van der Waals surface area contributed by atoms with E-state index in [1.165, 1.54) is 21.9 Å². The first kappa shape index (κ1) is 14.1. The van der Waals surface area contributed by atoms with E-state index in [1.54, 1.807) is 18.4 Å². The van der Waals surface area contributed by atoms with E-state index in [0.29, 0.717) is 6.04 Å². The van der Waals surface area contributed by atoms with E-state index in [0.717, 1.165) is 12.3 Å². The molecule has 0 radical (unpaired) electrons. The maximum atomic E-state index is 5.27. The minimum atomic E-state index is 0.330. The summed E-state index contributed by atoms with van der Waals surface area (Å²) in [5.41, 5.74) is 2.65. The average molecular weight is 297 g/mol. The second-order valence-electron chi connectivity index (χ2n) is 5.21. The summed E-state index contributed by atoms with van der Waals surface area (Å²) < 4.78 is 5.27. The molecule has 0 spiro atoms. The second kappa shape index (κ2) is 6.29. The first-order chi connectivity index (χ1) is 10.3. The van der Waals surface area contributed by atoms with Gasteiger partial charge >= 0.3 is 0 Å². The Morgan fingerprint density at radius 3 is 2.67 bits per heavy atom. The quantitative estimate of drug-likeness (QED) is 0.733. The number of rotatable bonds is 5. The van der Waals surface area contributed by atoms with Crippen LogP contribution in [0.25, 0.3) is 10.8 Å². The van der Waals surface area contributed by atoms with Crippen molar-refractivity contribution in [1.82, 2.24) is 5.32 Å². The number of methoxy groups -OCH3 is 1. The fourth-order valence-electron chi connectivity index (χ4n) is 2.42. The lowest BCUT2D eigenvalue weighted by molar-refractivity contribution is 0.415. The summed E-state index contributed by atoms with van der Waals surface area (Å²) in [4.78, 5) is 0. The van der Waals surface area contributed by atoms with Crippen LogP contribution >= 0.6 is 11.3 Å². The summed E-state index contributed by atoms with van der Waals surface area (Å²) in [6.45, 7) is 3.11. The zero-order chi connectivity index (χ0) is 14.7. The number of benzene rings is 2. The summed E-state index contributed by atoms with van der Waals surface area (Å²) in [6.07, 6.45) is 0. The maximum Gasteiger partial charge on any atom is 0.119 e. The van der Waals surface area contributed by atoms with Crippen molar-refractivity contribution in [2.45, 2.75) is 19.5 Å². The van der Waals surface area contributed by atoms with Gasteiger partial charge in [0.15, 0.2) is 0 Å². The summed E-state index contributed by atoms with van der Waals surface area (Å²) in [5.74, 6) is 0.902. The van der Waals surface area contributed by atoms with Gasteiger partial charge in [-0.1, -0.05) is 18.2 Å². The van der Waals surface area contributed by atoms with E-state index in [-0.39, 0.29) is 0 Å². The third-order valence-corrected chi connectivity index (χ3v) is 4.50. The minimum Gasteiger partial charge on any atom is -0.497 e. The Kier molecular flexibility index (Phi) is 4.23. The average Bonchev–Trinajstić information content (AvgIpc) is 3.05. The van der Waals surface area contributed by atoms with Crippen LogP contribution < -0.4 is 10.1 Å². The van der Waals surface area contributed by atoms with Gasteiger partial charge in [-0.05, 0) is 63.8 Å². The van der Waals surface area contributed by atoms with Crippen molar-refractivity contribution in [2.24, 2.45) is 0 Å². The Labute approximate surface area is 129 Å². The molecule has 0 aliphatic rings. The molecule has 108 valence electrons. The van der Waals surface area contributed by atoms with Gasteiger partial charge in [0.2, 0.25) is 0 Å². The minimum absolute atomic E-state index is 0.330. The van der Waals surface area contributed by atoms with E-state index < -0.39 is 0 Å². The van der Waals surface area contributed by atoms with Gasteiger partial charge in [0.05, 0.1) is 7.11 Å². The van der Waals surface area contributed by atoms with Crippen LogP contribution in [0.2, 0.25) is 0 Å². The highest BCUT2D eigenvalue weighted by Crippen LogP contribution is 2.24. The predicted molar refractivity (Wildman–Crippen MR) is 90.1 cm³/mol. The Morgan fingerprint density at radius 2 is 1.90 bits per heavy atom. The van der Waals surface area contributed by atoms with Crippen molar-refractivity contribution < 1.29 is 4.74 Å². The fourth-order valence-corrected chi connectivity index (χ4v) is 3.09. The van der Waals surface area contributed by atoms with E-state index in [1.807, 2.05) is 6.07 Å².